The van der Waals surface area contributed by atoms with Gasteiger partial charge in [-0.3, -0.25) is 14.5 Å². The van der Waals surface area contributed by atoms with Crippen LogP contribution in [0.25, 0.3) is 11.0 Å². The van der Waals surface area contributed by atoms with Crippen molar-refractivity contribution in [2.45, 2.75) is 31.5 Å². The zero-order valence-electron chi connectivity index (χ0n) is 18.9. The first-order valence-electron chi connectivity index (χ1n) is 11.4. The van der Waals surface area contributed by atoms with E-state index in [1.807, 2.05) is 59.2 Å². The number of nitrogens with two attached hydrogens (primary N) is 2. The number of aromatic amines is 1. The fourth-order valence-corrected chi connectivity index (χ4v) is 5.63. The van der Waals surface area contributed by atoms with Gasteiger partial charge in [-0.05, 0) is 52.9 Å². The molecule has 0 spiro atoms. The van der Waals surface area contributed by atoms with Crippen LogP contribution in [-0.4, -0.2) is 38.4 Å². The lowest BCUT2D eigenvalue weighted by molar-refractivity contribution is 0.157. The van der Waals surface area contributed by atoms with Gasteiger partial charge >= 0.3 is 5.69 Å². The van der Waals surface area contributed by atoms with Crippen LogP contribution in [0.5, 0.6) is 0 Å². The molecule has 0 radical (unpaired) electrons. The van der Waals surface area contributed by atoms with Gasteiger partial charge in [0.05, 0.1) is 23.6 Å². The number of hydrogen-bond acceptors (Lipinski definition) is 6. The lowest BCUT2D eigenvalue weighted by Gasteiger charge is -2.39. The van der Waals surface area contributed by atoms with Crippen LogP contribution in [0.1, 0.15) is 37.5 Å². The van der Waals surface area contributed by atoms with Crippen LogP contribution in [0, 0.1) is 0 Å². The van der Waals surface area contributed by atoms with Gasteiger partial charge in [-0.1, -0.05) is 42.5 Å². The molecule has 1 aliphatic heterocycles. The van der Waals surface area contributed by atoms with E-state index in [0.717, 1.165) is 48.1 Å². The van der Waals surface area contributed by atoms with Gasteiger partial charge in [0.25, 0.3) is 0 Å². The van der Waals surface area contributed by atoms with Gasteiger partial charge in [-0.2, -0.15) is 16.4 Å². The monoisotopic (exact) mass is 477 g/mol. The highest BCUT2D eigenvalue weighted by molar-refractivity contribution is 7.08. The number of H-pyrrole nitrogens is 1. The summed E-state index contributed by atoms with van der Waals surface area (Å²) in [5.74, 6) is 13.1. The molecule has 9 heteroatoms. The summed E-state index contributed by atoms with van der Waals surface area (Å²) in [7, 11) is 0. The summed E-state index contributed by atoms with van der Waals surface area (Å²) in [5.41, 5.74) is 4.01. The predicted molar refractivity (Wildman–Crippen MR) is 139 cm³/mol. The van der Waals surface area contributed by atoms with E-state index in [4.69, 9.17) is 11.7 Å². The van der Waals surface area contributed by atoms with Crippen LogP contribution in [0.2, 0.25) is 0 Å². The van der Waals surface area contributed by atoms with Gasteiger partial charge in [0.15, 0.2) is 5.84 Å². The molecule has 0 saturated carbocycles. The highest BCUT2D eigenvalue weighted by Crippen LogP contribution is 2.32. The zero-order chi connectivity index (χ0) is 23.5. The molecule has 5 rings (SSSR count). The van der Waals surface area contributed by atoms with Gasteiger partial charge in [-0.25, -0.2) is 10.6 Å². The number of rotatable bonds is 6. The number of fused-ring (bicyclic) bond motifs is 1. The second kappa shape index (κ2) is 9.84. The molecule has 0 amide bonds. The number of hydrazine groups is 1. The molecule has 5 N–H and O–H groups in total. The van der Waals surface area contributed by atoms with E-state index in [-0.39, 0.29) is 19.2 Å². The van der Waals surface area contributed by atoms with Crippen molar-refractivity contribution in [3.63, 3.8) is 0 Å². The summed E-state index contributed by atoms with van der Waals surface area (Å²) < 4.78 is 1.91. The number of nitrogens with zero attached hydrogens (tertiary/aromatic N) is 4. The molecule has 178 valence electrons. The molecule has 1 saturated heterocycles. The molecule has 2 aromatic heterocycles. The van der Waals surface area contributed by atoms with Crippen molar-refractivity contribution in [3.8, 4) is 0 Å². The van der Waals surface area contributed by atoms with E-state index in [0.29, 0.717) is 12.4 Å². The number of aromatic nitrogens is 2. The van der Waals surface area contributed by atoms with Crippen molar-refractivity contribution in [2.24, 2.45) is 16.8 Å². The molecule has 0 aliphatic carbocycles. The first-order valence-corrected chi connectivity index (χ1v) is 12.4. The number of piperidine rings is 1. The van der Waals surface area contributed by atoms with E-state index in [9.17, 15) is 4.79 Å². The molecular weight excluding hydrogens is 446 g/mol. The first kappa shape index (κ1) is 22.4. The smallest absolute Gasteiger partial charge is 0.321 e. The second-order valence-corrected chi connectivity index (χ2v) is 9.42. The van der Waals surface area contributed by atoms with Crippen LogP contribution < -0.4 is 17.4 Å². The third-order valence-corrected chi connectivity index (χ3v) is 7.28. The minimum Gasteiger partial charge on any atom is -0.321 e. The Balaban J connectivity index is 0.00000289. The highest BCUT2D eigenvalue weighted by Gasteiger charge is 2.33. The van der Waals surface area contributed by atoms with Gasteiger partial charge in [0.2, 0.25) is 0 Å². The molecule has 4 aromatic rings. The topological polar surface area (TPSA) is 109 Å². The zero-order valence-corrected chi connectivity index (χ0v) is 19.7. The standard InChI is InChI=1S/C25H29N7OS.H2/c26-29-24(31(27)16-18-6-2-1-3-7-18)23(19-12-15-34-17-19)30-13-10-20(11-14-30)32-22-9-5-4-8-21(22)28-25(32)33;/h1-9,12,15,17,20,23H,10-11,13-14,16,26-27H2,(H,28,33);1H/b29-24-;. The highest BCUT2D eigenvalue weighted by atomic mass is 32.1. The molecule has 1 aliphatic rings. The fraction of sp³-hybridized carbons (Fsp3) is 0.280. The summed E-state index contributed by atoms with van der Waals surface area (Å²) in [5, 5.41) is 10.00. The Morgan fingerprint density at radius 3 is 2.59 bits per heavy atom. The van der Waals surface area contributed by atoms with Crippen molar-refractivity contribution < 1.29 is 1.43 Å². The van der Waals surface area contributed by atoms with E-state index >= 15 is 0 Å². The van der Waals surface area contributed by atoms with Crippen LogP contribution in [0.3, 0.4) is 0 Å². The molecule has 8 nitrogen and oxygen atoms in total. The minimum absolute atomic E-state index is 0. The van der Waals surface area contributed by atoms with E-state index in [1.165, 1.54) is 0 Å². The Kier molecular flexibility index (Phi) is 6.48. The van der Waals surface area contributed by atoms with Crippen LogP contribution in [0.4, 0.5) is 0 Å². The molecule has 1 fully saturated rings. The number of para-hydroxylation sites is 2. The second-order valence-electron chi connectivity index (χ2n) is 8.64. The van der Waals surface area contributed by atoms with Gasteiger partial charge < -0.3 is 10.8 Å². The molecule has 1 atom stereocenters. The van der Waals surface area contributed by atoms with Crippen LogP contribution >= 0.6 is 11.3 Å². The van der Waals surface area contributed by atoms with Crippen LogP contribution in [-0.2, 0) is 6.54 Å². The average molecular weight is 478 g/mol. The Bertz CT molecular complexity index is 1310. The third-order valence-electron chi connectivity index (χ3n) is 6.58. The number of nitrogens with one attached hydrogen (secondary N) is 1. The number of hydrazone groups is 1. The lowest BCUT2D eigenvalue weighted by atomic mass is 9.99. The van der Waals surface area contributed by atoms with E-state index in [1.54, 1.807) is 16.3 Å². The third kappa shape index (κ3) is 4.37. The summed E-state index contributed by atoms with van der Waals surface area (Å²) in [4.78, 5) is 18.0. The summed E-state index contributed by atoms with van der Waals surface area (Å²) in [6.07, 6.45) is 1.70. The van der Waals surface area contributed by atoms with Crippen molar-refractivity contribution >= 4 is 28.2 Å². The minimum atomic E-state index is -0.148. The number of amidine groups is 1. The quantitative estimate of drug-likeness (QED) is 0.170. The Morgan fingerprint density at radius 2 is 1.88 bits per heavy atom. The summed E-state index contributed by atoms with van der Waals surface area (Å²) in [6, 6.07) is 20.0. The van der Waals surface area contributed by atoms with Gasteiger partial charge in [0.1, 0.15) is 0 Å². The average Bonchev–Trinajstić information content (AvgIpc) is 3.50. The number of imidazole rings is 1. The number of likely N-dealkylation sites (tertiary alicyclic amines) is 1. The predicted octanol–water partition coefficient (Wildman–Crippen LogP) is 3.66. The van der Waals surface area contributed by atoms with Crippen LogP contribution in [0.15, 0.2) is 81.3 Å². The number of benzene rings is 2. The number of hydrogen-bond donors (Lipinski definition) is 3. The Hall–Kier alpha value is -3.40. The van der Waals surface area contributed by atoms with Crippen molar-refractivity contribution in [3.05, 3.63) is 93.0 Å². The van der Waals surface area contributed by atoms with Gasteiger partial charge in [0, 0.05) is 20.6 Å². The summed E-state index contributed by atoms with van der Waals surface area (Å²) in [6.45, 7) is 2.11. The van der Waals surface area contributed by atoms with E-state index < -0.39 is 0 Å². The van der Waals surface area contributed by atoms with E-state index in [2.05, 4.69) is 31.8 Å². The molecule has 0 bridgehead atoms. The normalized spacial score (nSPS) is 16.7. The maximum atomic E-state index is 12.7. The molecule has 2 aromatic carbocycles. The first-order chi connectivity index (χ1) is 16.7. The summed E-state index contributed by atoms with van der Waals surface area (Å²) >= 11 is 1.65. The van der Waals surface area contributed by atoms with Crippen molar-refractivity contribution in [2.75, 3.05) is 13.1 Å². The number of thiophene rings is 1. The van der Waals surface area contributed by atoms with Gasteiger partial charge in [-0.15, -0.1) is 0 Å². The molecule has 3 heterocycles. The van der Waals surface area contributed by atoms with Crippen molar-refractivity contribution in [1.82, 2.24) is 19.5 Å². The SMILES string of the molecule is N/N=C(/C(c1ccsc1)N1CCC(n2c(=O)[nH]c3ccccc32)CC1)N(N)Cc1ccccc1.[HH]. The Labute approximate surface area is 203 Å². The Morgan fingerprint density at radius 1 is 1.15 bits per heavy atom. The lowest BCUT2D eigenvalue weighted by Crippen LogP contribution is -2.49. The fourth-order valence-electron chi connectivity index (χ4n) is 4.96. The maximum Gasteiger partial charge on any atom is 0.326 e. The molecular formula is C25H31N7OS. The molecule has 1 unspecified atom stereocenters. The largest absolute Gasteiger partial charge is 0.326 e. The van der Waals surface area contributed by atoms with Crippen molar-refractivity contribution in [1.29, 1.82) is 0 Å². The maximum absolute atomic E-state index is 12.7. The molecule has 34 heavy (non-hydrogen) atoms.